The molecule has 1 saturated heterocycles. The van der Waals surface area contributed by atoms with Gasteiger partial charge in [-0.1, -0.05) is 12.1 Å². The van der Waals surface area contributed by atoms with Crippen molar-refractivity contribution in [1.29, 1.82) is 0 Å². The minimum Gasteiger partial charge on any atom is -0.356 e. The Bertz CT molecular complexity index is 924. The first-order valence-corrected chi connectivity index (χ1v) is 8.49. The van der Waals surface area contributed by atoms with Crippen molar-refractivity contribution < 1.29 is 4.92 Å². The predicted molar refractivity (Wildman–Crippen MR) is 105 cm³/mol. The van der Waals surface area contributed by atoms with Gasteiger partial charge in [0.05, 0.1) is 10.4 Å². The second kappa shape index (κ2) is 7.66. The van der Waals surface area contributed by atoms with Crippen LogP contribution in [0.4, 0.5) is 11.5 Å². The van der Waals surface area contributed by atoms with Gasteiger partial charge in [0.2, 0.25) is 0 Å². The first kappa shape index (κ1) is 18.1. The van der Waals surface area contributed by atoms with E-state index < -0.39 is 4.92 Å². The molecule has 0 radical (unpaired) electrons. The predicted octanol–water partition coefficient (Wildman–Crippen LogP) is 4.62. The maximum Gasteiger partial charge on any atom is 0.269 e. The largest absolute Gasteiger partial charge is 0.356 e. The summed E-state index contributed by atoms with van der Waals surface area (Å²) in [5.41, 5.74) is 1.75. The van der Waals surface area contributed by atoms with Crippen LogP contribution in [-0.2, 0) is 0 Å². The maximum atomic E-state index is 10.9. The van der Waals surface area contributed by atoms with E-state index in [0.29, 0.717) is 5.82 Å². The molecule has 4 rings (SSSR count). The molecule has 0 atom stereocenters. The van der Waals surface area contributed by atoms with Gasteiger partial charge in [0, 0.05) is 36.2 Å². The van der Waals surface area contributed by atoms with Gasteiger partial charge in [-0.25, -0.2) is 9.97 Å². The van der Waals surface area contributed by atoms with E-state index >= 15 is 0 Å². The number of hydrogen-bond acceptors (Lipinski definition) is 5. The number of fused-ring (bicyclic) bond motifs is 1. The third-order valence-corrected chi connectivity index (χ3v) is 4.58. The van der Waals surface area contributed by atoms with Gasteiger partial charge in [-0.2, -0.15) is 0 Å². The number of nitro benzene ring substituents is 1. The number of non-ortho nitro benzene ring substituents is 1. The van der Waals surface area contributed by atoms with E-state index in [0.717, 1.165) is 35.4 Å². The number of rotatable bonds is 3. The average Bonchev–Trinajstić information content (AvgIpc) is 2.68. The Labute approximate surface area is 157 Å². The lowest BCUT2D eigenvalue weighted by Crippen LogP contribution is -2.30. The van der Waals surface area contributed by atoms with E-state index in [1.807, 2.05) is 18.2 Å². The number of hydrogen-bond donors (Lipinski definition) is 0. The molecular weight excluding hydrogens is 352 g/mol. The summed E-state index contributed by atoms with van der Waals surface area (Å²) in [5, 5.41) is 11.9. The average molecular weight is 371 g/mol. The van der Waals surface area contributed by atoms with Crippen LogP contribution in [0.15, 0.2) is 48.5 Å². The van der Waals surface area contributed by atoms with Crippen LogP contribution < -0.4 is 4.90 Å². The Hall–Kier alpha value is -2.73. The lowest BCUT2D eigenvalue weighted by molar-refractivity contribution is -0.384. The minimum absolute atomic E-state index is 0. The van der Waals surface area contributed by atoms with Crippen molar-refractivity contribution in [2.45, 2.75) is 19.3 Å². The quantitative estimate of drug-likeness (QED) is 0.497. The van der Waals surface area contributed by atoms with Crippen LogP contribution in [0.2, 0.25) is 0 Å². The summed E-state index contributed by atoms with van der Waals surface area (Å²) in [7, 11) is 0. The summed E-state index contributed by atoms with van der Waals surface area (Å²) in [6.07, 6.45) is 3.60. The van der Waals surface area contributed by atoms with Gasteiger partial charge in [0.15, 0.2) is 5.82 Å². The van der Waals surface area contributed by atoms with Crippen LogP contribution in [0.5, 0.6) is 0 Å². The topological polar surface area (TPSA) is 72.2 Å². The number of para-hydroxylation sites is 1. The van der Waals surface area contributed by atoms with Crippen molar-refractivity contribution in [1.82, 2.24) is 9.97 Å². The number of nitro groups is 1. The van der Waals surface area contributed by atoms with Gasteiger partial charge in [-0.05, 0) is 43.5 Å². The molecular formula is C19H19ClN4O2. The van der Waals surface area contributed by atoms with Crippen LogP contribution in [0.1, 0.15) is 19.3 Å². The Kier molecular flexibility index (Phi) is 5.32. The van der Waals surface area contributed by atoms with Crippen LogP contribution in [0, 0.1) is 10.1 Å². The second-order valence-corrected chi connectivity index (χ2v) is 6.24. The van der Waals surface area contributed by atoms with Crippen molar-refractivity contribution in [3.63, 3.8) is 0 Å². The molecule has 0 N–H and O–H groups in total. The van der Waals surface area contributed by atoms with Gasteiger partial charge >= 0.3 is 0 Å². The number of nitrogens with zero attached hydrogens (tertiary/aromatic N) is 4. The molecule has 0 spiro atoms. The second-order valence-electron chi connectivity index (χ2n) is 6.24. The van der Waals surface area contributed by atoms with E-state index in [1.54, 1.807) is 12.1 Å². The van der Waals surface area contributed by atoms with Crippen molar-refractivity contribution in [2.24, 2.45) is 0 Å². The van der Waals surface area contributed by atoms with E-state index in [-0.39, 0.29) is 18.1 Å². The molecule has 0 bridgehead atoms. The molecule has 0 amide bonds. The normalized spacial score (nSPS) is 14.1. The van der Waals surface area contributed by atoms with Gasteiger partial charge in [0.25, 0.3) is 5.69 Å². The van der Waals surface area contributed by atoms with E-state index in [2.05, 4.69) is 16.0 Å². The van der Waals surface area contributed by atoms with Crippen LogP contribution >= 0.6 is 12.4 Å². The van der Waals surface area contributed by atoms with Crippen LogP contribution in [0.3, 0.4) is 0 Å². The first-order chi connectivity index (χ1) is 12.2. The molecule has 6 nitrogen and oxygen atoms in total. The SMILES string of the molecule is Cl.O=[N+]([O-])c1ccc(-c2nc(N3CCCCC3)c3ccccc3n2)cc1. The third-order valence-electron chi connectivity index (χ3n) is 4.58. The molecule has 26 heavy (non-hydrogen) atoms. The molecule has 1 aromatic heterocycles. The minimum atomic E-state index is -0.399. The summed E-state index contributed by atoms with van der Waals surface area (Å²) in [6.45, 7) is 2.00. The van der Waals surface area contributed by atoms with Crippen LogP contribution in [-0.4, -0.2) is 28.0 Å². The number of aromatic nitrogens is 2. The van der Waals surface area contributed by atoms with Gasteiger partial charge < -0.3 is 4.90 Å². The number of halogens is 1. The fourth-order valence-electron chi connectivity index (χ4n) is 3.27. The molecule has 3 aromatic rings. The molecule has 134 valence electrons. The number of anilines is 1. The molecule has 7 heteroatoms. The van der Waals surface area contributed by atoms with Gasteiger partial charge in [0.1, 0.15) is 5.82 Å². The molecule has 0 unspecified atom stereocenters. The van der Waals surface area contributed by atoms with E-state index in [4.69, 9.17) is 4.98 Å². The van der Waals surface area contributed by atoms with Crippen molar-refractivity contribution in [3.05, 3.63) is 58.6 Å². The van der Waals surface area contributed by atoms with Gasteiger partial charge in [-0.3, -0.25) is 10.1 Å². The summed E-state index contributed by atoms with van der Waals surface area (Å²) in [4.78, 5) is 22.3. The highest BCUT2D eigenvalue weighted by molar-refractivity contribution is 5.91. The standard InChI is InChI=1S/C19H18N4O2.ClH/c24-23(25)15-10-8-14(9-11-15)18-20-17-7-3-2-6-16(17)19(21-18)22-12-4-1-5-13-22;/h2-3,6-11H,1,4-5,12-13H2;1H. The molecule has 2 aromatic carbocycles. The first-order valence-electron chi connectivity index (χ1n) is 8.49. The Morgan fingerprint density at radius 2 is 1.62 bits per heavy atom. The molecule has 1 aliphatic heterocycles. The Balaban J connectivity index is 0.00000196. The van der Waals surface area contributed by atoms with Crippen molar-refractivity contribution >= 4 is 34.8 Å². The van der Waals surface area contributed by atoms with E-state index in [9.17, 15) is 10.1 Å². The van der Waals surface area contributed by atoms with Gasteiger partial charge in [-0.15, -0.1) is 12.4 Å². The summed E-state index contributed by atoms with van der Waals surface area (Å²) in [5.74, 6) is 1.56. The summed E-state index contributed by atoms with van der Waals surface area (Å²) in [6, 6.07) is 14.4. The fraction of sp³-hybridized carbons (Fsp3) is 0.263. The molecule has 2 heterocycles. The zero-order chi connectivity index (χ0) is 17.2. The van der Waals surface area contributed by atoms with Crippen molar-refractivity contribution in [3.8, 4) is 11.4 Å². The highest BCUT2D eigenvalue weighted by Gasteiger charge is 2.17. The molecule has 1 fully saturated rings. The lowest BCUT2D eigenvalue weighted by atomic mass is 10.1. The third kappa shape index (κ3) is 3.46. The van der Waals surface area contributed by atoms with Crippen molar-refractivity contribution in [2.75, 3.05) is 18.0 Å². The monoisotopic (exact) mass is 370 g/mol. The molecule has 1 aliphatic rings. The Morgan fingerprint density at radius 3 is 2.31 bits per heavy atom. The number of benzene rings is 2. The lowest BCUT2D eigenvalue weighted by Gasteiger charge is -2.29. The Morgan fingerprint density at radius 1 is 0.923 bits per heavy atom. The fourth-order valence-corrected chi connectivity index (χ4v) is 3.27. The molecule has 0 saturated carbocycles. The highest BCUT2D eigenvalue weighted by Crippen LogP contribution is 2.29. The highest BCUT2D eigenvalue weighted by atomic mass is 35.5. The van der Waals surface area contributed by atoms with E-state index in [1.165, 1.54) is 31.4 Å². The maximum absolute atomic E-state index is 10.9. The number of piperidine rings is 1. The smallest absolute Gasteiger partial charge is 0.269 e. The molecule has 0 aliphatic carbocycles. The van der Waals surface area contributed by atoms with Crippen LogP contribution in [0.25, 0.3) is 22.3 Å². The summed E-state index contributed by atoms with van der Waals surface area (Å²) >= 11 is 0. The zero-order valence-corrected chi connectivity index (χ0v) is 15.0. The summed E-state index contributed by atoms with van der Waals surface area (Å²) < 4.78 is 0. The zero-order valence-electron chi connectivity index (χ0n) is 14.2.